The number of nitrogens with zero attached hydrogens (tertiary/aromatic N) is 1. The van der Waals surface area contributed by atoms with E-state index in [-0.39, 0.29) is 18.1 Å². The van der Waals surface area contributed by atoms with Crippen LogP contribution in [0.1, 0.15) is 58.1 Å². The van der Waals surface area contributed by atoms with Gasteiger partial charge < -0.3 is 20.3 Å². The summed E-state index contributed by atoms with van der Waals surface area (Å²) in [6, 6.07) is 7.35. The van der Waals surface area contributed by atoms with Crippen LogP contribution in [0.4, 0.5) is 10.5 Å². The first-order valence-corrected chi connectivity index (χ1v) is 9.86. The predicted octanol–water partition coefficient (Wildman–Crippen LogP) is 3.65. The molecule has 1 fully saturated rings. The molecule has 1 aromatic rings. The zero-order chi connectivity index (χ0) is 19.4. The van der Waals surface area contributed by atoms with Crippen LogP contribution in [0.25, 0.3) is 0 Å². The Morgan fingerprint density at radius 2 is 1.85 bits per heavy atom. The lowest BCUT2D eigenvalue weighted by Crippen LogP contribution is -2.46. The summed E-state index contributed by atoms with van der Waals surface area (Å²) in [6.45, 7) is 7.72. The van der Waals surface area contributed by atoms with Gasteiger partial charge in [0.2, 0.25) is 0 Å². The van der Waals surface area contributed by atoms with E-state index in [4.69, 9.17) is 4.74 Å². The molecule has 2 N–H and O–H groups in total. The lowest BCUT2D eigenvalue weighted by atomic mass is 9.94. The number of nitrogens with one attached hydrogen (secondary N) is 2. The van der Waals surface area contributed by atoms with Gasteiger partial charge in [0.1, 0.15) is 0 Å². The number of piperidine rings is 1. The van der Waals surface area contributed by atoms with Gasteiger partial charge in [0, 0.05) is 24.5 Å². The maximum atomic E-state index is 12.7. The summed E-state index contributed by atoms with van der Waals surface area (Å²) < 4.78 is 5.43. The first-order chi connectivity index (χ1) is 13.0. The van der Waals surface area contributed by atoms with E-state index in [2.05, 4.69) is 27.7 Å². The number of rotatable bonds is 5. The fourth-order valence-electron chi connectivity index (χ4n) is 3.70. The average Bonchev–Trinajstić information content (AvgIpc) is 2.67. The number of benzene rings is 1. The van der Waals surface area contributed by atoms with E-state index in [1.807, 2.05) is 32.9 Å². The van der Waals surface area contributed by atoms with Gasteiger partial charge in [-0.1, -0.05) is 19.1 Å². The molecular formula is C21H29N3O3. The molecule has 1 aromatic carbocycles. The summed E-state index contributed by atoms with van der Waals surface area (Å²) in [7, 11) is 0. The second kappa shape index (κ2) is 8.46. The molecule has 2 aliphatic rings. The fourth-order valence-corrected chi connectivity index (χ4v) is 3.70. The van der Waals surface area contributed by atoms with Crippen molar-refractivity contribution in [1.29, 1.82) is 0 Å². The number of amides is 2. The summed E-state index contributed by atoms with van der Waals surface area (Å²) in [5.41, 5.74) is 3.17. The molecule has 0 saturated carbocycles. The first-order valence-electron chi connectivity index (χ1n) is 9.86. The number of hydrogen-bond acceptors (Lipinski definition) is 4. The van der Waals surface area contributed by atoms with Gasteiger partial charge in [0.25, 0.3) is 0 Å². The molecule has 1 atom stereocenters. The highest BCUT2D eigenvalue weighted by atomic mass is 16.5. The number of esters is 1. The molecule has 2 aliphatic heterocycles. The number of ether oxygens (including phenoxy) is 1. The van der Waals surface area contributed by atoms with E-state index in [1.165, 1.54) is 24.9 Å². The Bertz CT molecular complexity index is 719. The Balaban J connectivity index is 1.89. The summed E-state index contributed by atoms with van der Waals surface area (Å²) in [5, 5.41) is 5.63. The quantitative estimate of drug-likeness (QED) is 0.775. The topological polar surface area (TPSA) is 70.7 Å². The Kier molecular flexibility index (Phi) is 6.04. The predicted molar refractivity (Wildman–Crippen MR) is 105 cm³/mol. The molecular weight excluding hydrogens is 342 g/mol. The maximum absolute atomic E-state index is 12.7. The van der Waals surface area contributed by atoms with E-state index in [9.17, 15) is 9.59 Å². The normalized spacial score (nSPS) is 20.4. The third kappa shape index (κ3) is 4.43. The minimum atomic E-state index is -0.504. The van der Waals surface area contributed by atoms with Gasteiger partial charge in [0.15, 0.2) is 0 Å². The zero-order valence-corrected chi connectivity index (χ0v) is 16.4. The van der Waals surface area contributed by atoms with Crippen molar-refractivity contribution in [2.24, 2.45) is 0 Å². The van der Waals surface area contributed by atoms with Crippen LogP contribution >= 0.6 is 0 Å². The van der Waals surface area contributed by atoms with Gasteiger partial charge in [-0.3, -0.25) is 0 Å². The lowest BCUT2D eigenvalue weighted by molar-refractivity contribution is -0.143. The van der Waals surface area contributed by atoms with Crippen molar-refractivity contribution >= 4 is 17.7 Å². The summed E-state index contributed by atoms with van der Waals surface area (Å²) in [5.74, 6) is -0.389. The molecule has 146 valence electrons. The van der Waals surface area contributed by atoms with Crippen molar-refractivity contribution in [3.8, 4) is 0 Å². The highest BCUT2D eigenvalue weighted by molar-refractivity contribution is 5.95. The molecule has 2 amide bonds. The molecule has 1 unspecified atom stereocenters. The molecule has 6 nitrogen and oxygen atoms in total. The number of carbonyl (C=O) groups is 2. The van der Waals surface area contributed by atoms with Crippen LogP contribution < -0.4 is 15.5 Å². The molecule has 1 saturated heterocycles. The average molecular weight is 371 g/mol. The SMILES string of the molecule is CCC1=C(C(=O)OC(C)C)C(c2ccc(N3CCCCC3)cc2)NC(=O)N1. The smallest absolute Gasteiger partial charge is 0.338 e. The number of hydrogen-bond donors (Lipinski definition) is 2. The van der Waals surface area contributed by atoms with Crippen LogP contribution in [0.15, 0.2) is 35.5 Å². The Hall–Kier alpha value is -2.50. The molecule has 0 aromatic heterocycles. The van der Waals surface area contributed by atoms with E-state index < -0.39 is 6.04 Å². The number of anilines is 1. The minimum Gasteiger partial charge on any atom is -0.459 e. The molecule has 0 bridgehead atoms. The summed E-state index contributed by atoms with van der Waals surface area (Å²) >= 11 is 0. The van der Waals surface area contributed by atoms with Gasteiger partial charge in [0.05, 0.1) is 17.7 Å². The molecule has 0 spiro atoms. The van der Waals surface area contributed by atoms with Gasteiger partial charge in [-0.15, -0.1) is 0 Å². The second-order valence-electron chi connectivity index (χ2n) is 7.37. The summed E-state index contributed by atoms with van der Waals surface area (Å²) in [4.78, 5) is 27.2. The largest absolute Gasteiger partial charge is 0.459 e. The third-order valence-electron chi connectivity index (χ3n) is 5.02. The third-order valence-corrected chi connectivity index (χ3v) is 5.02. The van der Waals surface area contributed by atoms with Crippen LogP contribution in [0, 0.1) is 0 Å². The lowest BCUT2D eigenvalue weighted by Gasteiger charge is -2.31. The highest BCUT2D eigenvalue weighted by Gasteiger charge is 2.33. The van der Waals surface area contributed by atoms with Crippen molar-refractivity contribution in [3.63, 3.8) is 0 Å². The van der Waals surface area contributed by atoms with Crippen molar-refractivity contribution < 1.29 is 14.3 Å². The van der Waals surface area contributed by atoms with Crippen molar-refractivity contribution in [3.05, 3.63) is 41.1 Å². The second-order valence-corrected chi connectivity index (χ2v) is 7.37. The molecule has 3 rings (SSSR count). The Labute approximate surface area is 161 Å². The Morgan fingerprint density at radius 3 is 2.44 bits per heavy atom. The molecule has 6 heteroatoms. The first kappa shape index (κ1) is 19.3. The van der Waals surface area contributed by atoms with Crippen LogP contribution in [0.5, 0.6) is 0 Å². The monoisotopic (exact) mass is 371 g/mol. The van der Waals surface area contributed by atoms with Crippen LogP contribution in [-0.4, -0.2) is 31.2 Å². The summed E-state index contributed by atoms with van der Waals surface area (Å²) in [6.07, 6.45) is 4.07. The van der Waals surface area contributed by atoms with Gasteiger partial charge in [-0.2, -0.15) is 0 Å². The van der Waals surface area contributed by atoms with E-state index in [0.717, 1.165) is 18.7 Å². The standard InChI is InChI=1S/C21H29N3O3/c1-4-17-18(20(25)27-14(2)3)19(23-21(26)22-17)15-8-10-16(11-9-15)24-12-6-5-7-13-24/h8-11,14,19H,4-7,12-13H2,1-3H3,(H2,22,23,26). The van der Waals surface area contributed by atoms with E-state index in [0.29, 0.717) is 17.7 Å². The maximum Gasteiger partial charge on any atom is 0.338 e. The number of carbonyl (C=O) groups excluding carboxylic acids is 2. The molecule has 27 heavy (non-hydrogen) atoms. The zero-order valence-electron chi connectivity index (χ0n) is 16.4. The van der Waals surface area contributed by atoms with E-state index >= 15 is 0 Å². The number of allylic oxidation sites excluding steroid dienone is 1. The van der Waals surface area contributed by atoms with Crippen molar-refractivity contribution in [2.45, 2.75) is 58.6 Å². The van der Waals surface area contributed by atoms with E-state index in [1.54, 1.807) is 0 Å². The van der Waals surface area contributed by atoms with Crippen molar-refractivity contribution in [2.75, 3.05) is 18.0 Å². The highest BCUT2D eigenvalue weighted by Crippen LogP contribution is 2.31. The van der Waals surface area contributed by atoms with Crippen molar-refractivity contribution in [1.82, 2.24) is 10.6 Å². The van der Waals surface area contributed by atoms with Gasteiger partial charge in [-0.05, 0) is 57.2 Å². The van der Waals surface area contributed by atoms with Gasteiger partial charge in [-0.25, -0.2) is 9.59 Å². The van der Waals surface area contributed by atoms with Gasteiger partial charge >= 0.3 is 12.0 Å². The fraction of sp³-hybridized carbons (Fsp3) is 0.524. The molecule has 0 aliphatic carbocycles. The van der Waals surface area contributed by atoms with Crippen LogP contribution in [-0.2, 0) is 9.53 Å². The van der Waals surface area contributed by atoms with Crippen LogP contribution in [0.2, 0.25) is 0 Å². The molecule has 0 radical (unpaired) electrons. The Morgan fingerprint density at radius 1 is 1.19 bits per heavy atom. The van der Waals surface area contributed by atoms with Crippen LogP contribution in [0.3, 0.4) is 0 Å². The minimum absolute atomic E-state index is 0.220. The number of urea groups is 1. The molecule has 2 heterocycles.